The van der Waals surface area contributed by atoms with Gasteiger partial charge in [0.25, 0.3) is 0 Å². The molecular weight excluding hydrogens is 388 g/mol. The quantitative estimate of drug-likeness (QED) is 0.540. The van der Waals surface area contributed by atoms with Gasteiger partial charge in [0.1, 0.15) is 6.10 Å². The molecule has 11 nitrogen and oxygen atoms in total. The molecule has 3 rings (SSSR count). The Hall–Kier alpha value is -2.76. The summed E-state index contributed by atoms with van der Waals surface area (Å²) in [6.07, 6.45) is 4.15. The van der Waals surface area contributed by atoms with Gasteiger partial charge in [-0.05, 0) is 33.1 Å². The van der Waals surface area contributed by atoms with E-state index in [9.17, 15) is 13.2 Å². The fraction of sp³-hybridized carbons (Fsp3) is 0.562. The number of hydrogen-bond donors (Lipinski definition) is 4. The molecule has 154 valence electrons. The largest absolute Gasteiger partial charge is 0.446 e. The Balaban J connectivity index is 1.54. The number of anilines is 3. The maximum atomic E-state index is 11.7. The predicted molar refractivity (Wildman–Crippen MR) is 102 cm³/mol. The SMILES string of the molecule is CC(C)NC(=O)O[C@H]1CC[C@@H](c2cc(Nc3ncc(NS(C)(=O)=O)o3)n[nH]2)C1. The summed E-state index contributed by atoms with van der Waals surface area (Å²) < 4.78 is 35.3. The molecule has 0 spiro atoms. The van der Waals surface area contributed by atoms with Crippen LogP contribution < -0.4 is 15.4 Å². The fourth-order valence-electron chi connectivity index (χ4n) is 3.03. The van der Waals surface area contributed by atoms with Gasteiger partial charge < -0.3 is 14.5 Å². The molecule has 0 aliphatic heterocycles. The highest BCUT2D eigenvalue weighted by atomic mass is 32.2. The molecule has 1 fully saturated rings. The van der Waals surface area contributed by atoms with Gasteiger partial charge in [0.05, 0.1) is 12.5 Å². The van der Waals surface area contributed by atoms with Crippen LogP contribution in [0.15, 0.2) is 16.7 Å². The van der Waals surface area contributed by atoms with Gasteiger partial charge in [0.2, 0.25) is 15.9 Å². The Labute approximate surface area is 162 Å². The number of aromatic nitrogens is 3. The van der Waals surface area contributed by atoms with Gasteiger partial charge in [0, 0.05) is 23.7 Å². The summed E-state index contributed by atoms with van der Waals surface area (Å²) in [5, 5.41) is 12.7. The van der Waals surface area contributed by atoms with E-state index in [4.69, 9.17) is 9.15 Å². The van der Waals surface area contributed by atoms with Gasteiger partial charge in [-0.2, -0.15) is 10.1 Å². The monoisotopic (exact) mass is 412 g/mol. The summed E-state index contributed by atoms with van der Waals surface area (Å²) in [6.45, 7) is 3.76. The molecule has 0 radical (unpaired) electrons. The molecule has 2 atom stereocenters. The molecule has 0 bridgehead atoms. The van der Waals surface area contributed by atoms with Crippen LogP contribution in [-0.2, 0) is 14.8 Å². The zero-order valence-corrected chi connectivity index (χ0v) is 16.7. The van der Waals surface area contributed by atoms with E-state index in [0.717, 1.165) is 24.8 Å². The first-order valence-electron chi connectivity index (χ1n) is 8.91. The van der Waals surface area contributed by atoms with Crippen LogP contribution >= 0.6 is 0 Å². The molecule has 0 saturated heterocycles. The van der Waals surface area contributed by atoms with Crippen LogP contribution in [0, 0.1) is 0 Å². The van der Waals surface area contributed by atoms with Gasteiger partial charge >= 0.3 is 12.1 Å². The molecule has 2 heterocycles. The molecule has 4 N–H and O–H groups in total. The third kappa shape index (κ3) is 5.62. The second-order valence-corrected chi connectivity index (χ2v) is 8.82. The van der Waals surface area contributed by atoms with Crippen molar-refractivity contribution in [2.75, 3.05) is 16.3 Å². The van der Waals surface area contributed by atoms with Crippen LogP contribution in [0.4, 0.5) is 22.5 Å². The van der Waals surface area contributed by atoms with E-state index in [2.05, 4.69) is 30.5 Å². The third-order valence-electron chi connectivity index (χ3n) is 4.13. The molecule has 12 heteroatoms. The summed E-state index contributed by atoms with van der Waals surface area (Å²) in [6, 6.07) is 1.98. The first-order valence-corrected chi connectivity index (χ1v) is 10.8. The maximum Gasteiger partial charge on any atom is 0.407 e. The molecule has 1 amide bonds. The predicted octanol–water partition coefficient (Wildman–Crippen LogP) is 2.28. The topological polar surface area (TPSA) is 151 Å². The van der Waals surface area contributed by atoms with Crippen molar-refractivity contribution in [3.8, 4) is 0 Å². The summed E-state index contributed by atoms with van der Waals surface area (Å²) in [5.41, 5.74) is 0.916. The molecule has 0 unspecified atom stereocenters. The van der Waals surface area contributed by atoms with Gasteiger partial charge in [-0.3, -0.25) is 15.1 Å². The second kappa shape index (κ2) is 8.09. The minimum atomic E-state index is -3.44. The second-order valence-electron chi connectivity index (χ2n) is 7.07. The Morgan fingerprint density at radius 1 is 1.39 bits per heavy atom. The highest BCUT2D eigenvalue weighted by Crippen LogP contribution is 2.36. The lowest BCUT2D eigenvalue weighted by molar-refractivity contribution is 0.0981. The zero-order valence-electron chi connectivity index (χ0n) is 15.9. The number of rotatable bonds is 7. The van der Waals surface area contributed by atoms with Gasteiger partial charge in [-0.1, -0.05) is 0 Å². The molecule has 0 aromatic carbocycles. The molecule has 1 aliphatic rings. The number of oxazole rings is 1. The average molecular weight is 412 g/mol. The fourth-order valence-corrected chi connectivity index (χ4v) is 3.49. The number of amides is 1. The van der Waals surface area contributed by atoms with Crippen molar-refractivity contribution >= 4 is 33.8 Å². The Bertz CT molecular complexity index is 922. The molecule has 1 saturated carbocycles. The lowest BCUT2D eigenvalue weighted by atomic mass is 10.0. The smallest absolute Gasteiger partial charge is 0.407 e. The Morgan fingerprint density at radius 3 is 2.89 bits per heavy atom. The molecule has 1 aliphatic carbocycles. The van der Waals surface area contributed by atoms with E-state index in [1.165, 1.54) is 6.20 Å². The number of carbonyl (C=O) groups is 1. The minimum absolute atomic E-state index is 0.0104. The molecule has 2 aromatic rings. The van der Waals surface area contributed by atoms with Crippen LogP contribution in [0.1, 0.15) is 44.7 Å². The third-order valence-corrected chi connectivity index (χ3v) is 4.70. The number of sulfonamides is 1. The van der Waals surface area contributed by atoms with Gasteiger partial charge in [-0.15, -0.1) is 0 Å². The van der Waals surface area contributed by atoms with Gasteiger partial charge in [-0.25, -0.2) is 13.2 Å². The van der Waals surface area contributed by atoms with Crippen LogP contribution in [0.2, 0.25) is 0 Å². The average Bonchev–Trinajstić information content (AvgIpc) is 3.27. The van der Waals surface area contributed by atoms with Crippen molar-refractivity contribution in [2.45, 2.75) is 51.2 Å². The normalized spacial score (nSPS) is 19.6. The van der Waals surface area contributed by atoms with E-state index in [1.807, 2.05) is 19.9 Å². The number of nitrogens with one attached hydrogen (secondary N) is 4. The van der Waals surface area contributed by atoms with E-state index in [1.54, 1.807) is 0 Å². The van der Waals surface area contributed by atoms with Crippen molar-refractivity contribution in [1.29, 1.82) is 0 Å². The van der Waals surface area contributed by atoms with E-state index in [-0.39, 0.29) is 30.0 Å². The summed E-state index contributed by atoms with van der Waals surface area (Å²) in [4.78, 5) is 15.7. The number of nitrogens with zero attached hydrogens (tertiary/aromatic N) is 2. The number of carbonyl (C=O) groups excluding carboxylic acids is 1. The number of H-pyrrole nitrogens is 1. The van der Waals surface area contributed by atoms with E-state index in [0.29, 0.717) is 12.2 Å². The standard InChI is InChI=1S/C16H24N6O5S/c1-9(2)18-16(23)26-11-5-4-10(6-11)12-7-13(21-20-12)19-15-17-8-14(27-15)22-28(3,24)25/h7-11,22H,4-6H2,1-3H3,(H,18,23)(H2,17,19,20,21)/t10-,11+/m1/s1. The number of ether oxygens (including phenoxy) is 1. The first kappa shape index (κ1) is 20.0. The van der Waals surface area contributed by atoms with Crippen molar-refractivity contribution in [3.05, 3.63) is 18.0 Å². The Morgan fingerprint density at radius 2 is 2.18 bits per heavy atom. The van der Waals surface area contributed by atoms with Crippen LogP contribution in [0.3, 0.4) is 0 Å². The Kier molecular flexibility index (Phi) is 5.77. The van der Waals surface area contributed by atoms with Crippen molar-refractivity contribution in [3.63, 3.8) is 0 Å². The summed E-state index contributed by atoms with van der Waals surface area (Å²) >= 11 is 0. The molecular formula is C16H24N6O5S. The van der Waals surface area contributed by atoms with Crippen LogP contribution in [0.5, 0.6) is 0 Å². The lowest BCUT2D eigenvalue weighted by Gasteiger charge is -2.14. The maximum absolute atomic E-state index is 11.7. The molecule has 2 aromatic heterocycles. The number of alkyl carbamates (subject to hydrolysis) is 1. The lowest BCUT2D eigenvalue weighted by Crippen LogP contribution is -2.33. The van der Waals surface area contributed by atoms with Crippen molar-refractivity contribution in [2.24, 2.45) is 0 Å². The molecule has 28 heavy (non-hydrogen) atoms. The van der Waals surface area contributed by atoms with E-state index < -0.39 is 16.1 Å². The first-order chi connectivity index (χ1) is 13.2. The zero-order chi connectivity index (χ0) is 20.3. The minimum Gasteiger partial charge on any atom is -0.446 e. The van der Waals surface area contributed by atoms with Gasteiger partial charge in [0.15, 0.2) is 5.82 Å². The van der Waals surface area contributed by atoms with Crippen LogP contribution in [-0.4, -0.2) is 48.1 Å². The highest BCUT2D eigenvalue weighted by Gasteiger charge is 2.30. The number of aromatic amines is 1. The van der Waals surface area contributed by atoms with E-state index >= 15 is 0 Å². The highest BCUT2D eigenvalue weighted by molar-refractivity contribution is 7.92. The number of hydrogen-bond acceptors (Lipinski definition) is 8. The summed E-state index contributed by atoms with van der Waals surface area (Å²) in [7, 11) is -3.44. The van der Waals surface area contributed by atoms with Crippen molar-refractivity contribution < 1.29 is 22.4 Å². The van der Waals surface area contributed by atoms with Crippen molar-refractivity contribution in [1.82, 2.24) is 20.5 Å². The van der Waals surface area contributed by atoms with Crippen LogP contribution in [0.25, 0.3) is 0 Å². The summed E-state index contributed by atoms with van der Waals surface area (Å²) in [5.74, 6) is 0.702.